The fourth-order valence-corrected chi connectivity index (χ4v) is 1.89. The number of esters is 1. The maximum atomic E-state index is 11.7. The van der Waals surface area contributed by atoms with Gasteiger partial charge in [0.2, 0.25) is 0 Å². The molecule has 1 fully saturated rings. The third-order valence-corrected chi connectivity index (χ3v) is 3.06. The normalized spacial score (nSPS) is 15.0. The number of nitro groups is 1. The van der Waals surface area contributed by atoms with Crippen molar-refractivity contribution < 1.29 is 19.2 Å². The summed E-state index contributed by atoms with van der Waals surface area (Å²) in [6.07, 6.45) is 0. The highest BCUT2D eigenvalue weighted by Gasteiger charge is 2.13. The van der Waals surface area contributed by atoms with E-state index in [2.05, 4.69) is 4.90 Å². The van der Waals surface area contributed by atoms with Crippen molar-refractivity contribution in [2.75, 3.05) is 39.5 Å². The van der Waals surface area contributed by atoms with Gasteiger partial charge in [0.25, 0.3) is 5.69 Å². The van der Waals surface area contributed by atoms with Crippen molar-refractivity contribution in [1.29, 1.82) is 0 Å². The minimum Gasteiger partial charge on any atom is -0.461 e. The molecule has 7 nitrogen and oxygen atoms in total. The Bertz CT molecular complexity index is 474. The molecule has 0 amide bonds. The highest BCUT2D eigenvalue weighted by molar-refractivity contribution is 5.89. The van der Waals surface area contributed by atoms with E-state index >= 15 is 0 Å². The molecule has 0 aliphatic carbocycles. The molecule has 1 saturated heterocycles. The van der Waals surface area contributed by atoms with E-state index in [1.165, 1.54) is 24.3 Å². The average Bonchev–Trinajstić information content (AvgIpc) is 2.48. The molecule has 1 aliphatic rings. The molecule has 0 bridgehead atoms. The van der Waals surface area contributed by atoms with Crippen LogP contribution in [0.1, 0.15) is 10.4 Å². The summed E-state index contributed by atoms with van der Waals surface area (Å²) in [4.78, 5) is 23.9. The molecule has 1 heterocycles. The molecular formula is C13H17ClN2O5. The fourth-order valence-electron chi connectivity index (χ4n) is 1.89. The zero-order valence-corrected chi connectivity index (χ0v) is 12.2. The first kappa shape index (κ1) is 17.4. The Balaban J connectivity index is 0.00000220. The number of carbonyl (C=O) groups excluding carboxylic acids is 1. The smallest absolute Gasteiger partial charge is 0.338 e. The zero-order chi connectivity index (χ0) is 14.4. The third-order valence-electron chi connectivity index (χ3n) is 3.06. The van der Waals surface area contributed by atoms with Gasteiger partial charge < -0.3 is 9.47 Å². The van der Waals surface area contributed by atoms with Gasteiger partial charge in [-0.05, 0) is 12.1 Å². The van der Waals surface area contributed by atoms with Crippen molar-refractivity contribution >= 4 is 24.1 Å². The largest absolute Gasteiger partial charge is 0.461 e. The Morgan fingerprint density at radius 3 is 2.48 bits per heavy atom. The molecule has 0 saturated carbocycles. The second kappa shape index (κ2) is 8.56. The van der Waals surface area contributed by atoms with Gasteiger partial charge in [0.15, 0.2) is 0 Å². The predicted molar refractivity (Wildman–Crippen MR) is 77.9 cm³/mol. The molecule has 0 aromatic heterocycles. The minimum absolute atomic E-state index is 0. The summed E-state index contributed by atoms with van der Waals surface area (Å²) in [6.45, 7) is 4.06. The van der Waals surface area contributed by atoms with Gasteiger partial charge in [-0.2, -0.15) is 0 Å². The summed E-state index contributed by atoms with van der Waals surface area (Å²) in [6, 6.07) is 5.38. The zero-order valence-electron chi connectivity index (χ0n) is 11.4. The number of non-ortho nitro benzene ring substituents is 1. The van der Waals surface area contributed by atoms with Crippen LogP contribution in [0.4, 0.5) is 5.69 Å². The lowest BCUT2D eigenvalue weighted by Gasteiger charge is -2.26. The monoisotopic (exact) mass is 316 g/mol. The molecule has 2 rings (SSSR count). The molecule has 1 aromatic rings. The van der Waals surface area contributed by atoms with Crippen LogP contribution in [-0.4, -0.2) is 55.2 Å². The summed E-state index contributed by atoms with van der Waals surface area (Å²) < 4.78 is 10.4. The predicted octanol–water partition coefficient (Wildman–Crippen LogP) is 1.51. The maximum absolute atomic E-state index is 11.7. The summed E-state index contributed by atoms with van der Waals surface area (Å²) in [5, 5.41) is 10.5. The van der Waals surface area contributed by atoms with E-state index in [0.29, 0.717) is 31.9 Å². The van der Waals surface area contributed by atoms with Gasteiger partial charge in [-0.1, -0.05) is 0 Å². The van der Waals surface area contributed by atoms with Crippen LogP contribution in [0.5, 0.6) is 0 Å². The molecule has 21 heavy (non-hydrogen) atoms. The summed E-state index contributed by atoms with van der Waals surface area (Å²) in [5.74, 6) is -0.465. The molecular weight excluding hydrogens is 300 g/mol. The number of nitro benzene ring substituents is 1. The first-order valence-corrected chi connectivity index (χ1v) is 6.38. The molecule has 0 N–H and O–H groups in total. The van der Waals surface area contributed by atoms with Crippen LogP contribution in [0.2, 0.25) is 0 Å². The number of hydrogen-bond donors (Lipinski definition) is 0. The topological polar surface area (TPSA) is 81.9 Å². The Labute approximate surface area is 128 Å². The maximum Gasteiger partial charge on any atom is 0.338 e. The number of ether oxygens (including phenoxy) is 2. The van der Waals surface area contributed by atoms with E-state index in [9.17, 15) is 14.9 Å². The van der Waals surface area contributed by atoms with Gasteiger partial charge in [-0.25, -0.2) is 4.79 Å². The number of halogens is 1. The average molecular weight is 317 g/mol. The molecule has 8 heteroatoms. The number of benzene rings is 1. The van der Waals surface area contributed by atoms with Crippen molar-refractivity contribution in [2.24, 2.45) is 0 Å². The first-order chi connectivity index (χ1) is 9.66. The van der Waals surface area contributed by atoms with Gasteiger partial charge in [0, 0.05) is 31.8 Å². The van der Waals surface area contributed by atoms with Crippen molar-refractivity contribution in [3.8, 4) is 0 Å². The Morgan fingerprint density at radius 2 is 1.90 bits per heavy atom. The highest BCUT2D eigenvalue weighted by atomic mass is 35.5. The lowest BCUT2D eigenvalue weighted by atomic mass is 10.2. The molecule has 0 atom stereocenters. The number of rotatable bonds is 5. The Kier molecular flexibility index (Phi) is 7.07. The van der Waals surface area contributed by atoms with Gasteiger partial charge in [-0.3, -0.25) is 15.0 Å². The van der Waals surface area contributed by atoms with Crippen LogP contribution in [0.3, 0.4) is 0 Å². The fraction of sp³-hybridized carbons (Fsp3) is 0.462. The number of hydrogen-bond acceptors (Lipinski definition) is 6. The van der Waals surface area contributed by atoms with E-state index in [1.807, 2.05) is 0 Å². The van der Waals surface area contributed by atoms with Gasteiger partial charge in [-0.15, -0.1) is 12.4 Å². The SMILES string of the molecule is Cl.O=C(OCCN1CCOCC1)c1ccc([N+](=O)[O-])cc1. The Hall–Kier alpha value is -1.70. The summed E-state index contributed by atoms with van der Waals surface area (Å²) in [5.41, 5.74) is 0.271. The first-order valence-electron chi connectivity index (χ1n) is 6.38. The second-order valence-corrected chi connectivity index (χ2v) is 4.39. The van der Waals surface area contributed by atoms with E-state index in [1.54, 1.807) is 0 Å². The molecule has 116 valence electrons. The number of carbonyl (C=O) groups is 1. The quantitative estimate of drug-likeness (QED) is 0.465. The van der Waals surface area contributed by atoms with E-state index < -0.39 is 10.9 Å². The molecule has 0 radical (unpaired) electrons. The molecule has 1 aliphatic heterocycles. The van der Waals surface area contributed by atoms with Crippen LogP contribution in [0, 0.1) is 10.1 Å². The lowest BCUT2D eigenvalue weighted by molar-refractivity contribution is -0.384. The van der Waals surface area contributed by atoms with Gasteiger partial charge in [0.05, 0.1) is 23.7 Å². The van der Waals surface area contributed by atoms with Crippen LogP contribution in [-0.2, 0) is 9.47 Å². The molecule has 0 unspecified atom stereocenters. The van der Waals surface area contributed by atoms with Crippen molar-refractivity contribution in [3.63, 3.8) is 0 Å². The number of morpholine rings is 1. The summed E-state index contributed by atoms with van der Waals surface area (Å²) in [7, 11) is 0. The second-order valence-electron chi connectivity index (χ2n) is 4.39. The van der Waals surface area contributed by atoms with Crippen LogP contribution in [0.25, 0.3) is 0 Å². The van der Waals surface area contributed by atoms with Crippen molar-refractivity contribution in [1.82, 2.24) is 4.90 Å². The van der Waals surface area contributed by atoms with E-state index in [4.69, 9.17) is 9.47 Å². The van der Waals surface area contributed by atoms with Crippen molar-refractivity contribution in [3.05, 3.63) is 39.9 Å². The molecule has 0 spiro atoms. The standard InChI is InChI=1S/C13H16N2O5.ClH/c16-13(11-1-3-12(4-2-11)15(17)18)20-10-7-14-5-8-19-9-6-14;/h1-4H,5-10H2;1H. The third kappa shape index (κ3) is 5.30. The van der Waals surface area contributed by atoms with Gasteiger partial charge in [0.1, 0.15) is 6.61 Å². The van der Waals surface area contributed by atoms with E-state index in [-0.39, 0.29) is 18.1 Å². The van der Waals surface area contributed by atoms with Crippen LogP contribution < -0.4 is 0 Å². The Morgan fingerprint density at radius 1 is 1.29 bits per heavy atom. The van der Waals surface area contributed by atoms with Crippen molar-refractivity contribution in [2.45, 2.75) is 0 Å². The summed E-state index contributed by atoms with van der Waals surface area (Å²) >= 11 is 0. The molecule has 1 aromatic carbocycles. The van der Waals surface area contributed by atoms with Crippen LogP contribution >= 0.6 is 12.4 Å². The van der Waals surface area contributed by atoms with Crippen LogP contribution in [0.15, 0.2) is 24.3 Å². The van der Waals surface area contributed by atoms with Gasteiger partial charge >= 0.3 is 5.97 Å². The highest BCUT2D eigenvalue weighted by Crippen LogP contribution is 2.12. The number of nitrogens with zero attached hydrogens (tertiary/aromatic N) is 2. The lowest BCUT2D eigenvalue weighted by Crippen LogP contribution is -2.38. The minimum atomic E-state index is -0.506. The van der Waals surface area contributed by atoms with E-state index in [0.717, 1.165) is 13.1 Å².